The van der Waals surface area contributed by atoms with Crippen LogP contribution in [-0.2, 0) is 15.1 Å². The van der Waals surface area contributed by atoms with Gasteiger partial charge in [-0.25, -0.2) is 4.79 Å². The summed E-state index contributed by atoms with van der Waals surface area (Å²) >= 11 is 0. The molecule has 1 unspecified atom stereocenters. The first kappa shape index (κ1) is 28.3. The minimum atomic E-state index is -1.15. The number of rotatable bonds is 9. The van der Waals surface area contributed by atoms with Crippen LogP contribution in [0.2, 0.25) is 0 Å². The zero-order valence-corrected chi connectivity index (χ0v) is 23.0. The maximum absolute atomic E-state index is 12.6. The van der Waals surface area contributed by atoms with Crippen LogP contribution >= 0.6 is 0 Å². The summed E-state index contributed by atoms with van der Waals surface area (Å²) in [5, 5.41) is 11.1. The summed E-state index contributed by atoms with van der Waals surface area (Å²) in [4.78, 5) is 26.7. The normalized spacial score (nSPS) is 20.6. The van der Waals surface area contributed by atoms with Crippen molar-refractivity contribution in [2.24, 2.45) is 5.73 Å². The molecule has 0 radical (unpaired) electrons. The Morgan fingerprint density at radius 2 is 1.44 bits per heavy atom. The minimum absolute atomic E-state index is 0.0740. The van der Waals surface area contributed by atoms with E-state index in [0.29, 0.717) is 17.1 Å². The molecule has 1 aliphatic heterocycles. The molecule has 2 heterocycles. The van der Waals surface area contributed by atoms with E-state index >= 15 is 0 Å². The highest BCUT2D eigenvalue weighted by molar-refractivity contribution is 5.49. The maximum Gasteiger partial charge on any atom is 0.330 e. The lowest BCUT2D eigenvalue weighted by atomic mass is 9.80. The fraction of sp³-hybridized carbons (Fsp3) is 0.290. The standard InChI is InChI=1S/C31H33N3O7/c1-19-17-34(30(37)33-28(19)36)29-26(32)27(35)25(41-29)18-40-31(20-7-5-4-6-8-20,21-9-13-23(38-2)14-10-21)22-11-15-24(39-3)16-12-22/h4-17,25-27,29,35H,18,32H2,1-3H3,(H,33,36,37)/t25-,26+,27?,29-/m1/s1. The van der Waals surface area contributed by atoms with Crippen molar-refractivity contribution in [3.8, 4) is 11.5 Å². The number of aromatic amines is 1. The van der Waals surface area contributed by atoms with Gasteiger partial charge in [0.25, 0.3) is 5.56 Å². The lowest BCUT2D eigenvalue weighted by Gasteiger charge is -2.37. The molecule has 41 heavy (non-hydrogen) atoms. The van der Waals surface area contributed by atoms with Gasteiger partial charge < -0.3 is 29.8 Å². The van der Waals surface area contributed by atoms with Crippen molar-refractivity contribution in [1.29, 1.82) is 0 Å². The van der Waals surface area contributed by atoms with Crippen molar-refractivity contribution in [2.75, 3.05) is 20.8 Å². The molecule has 1 aliphatic rings. The number of methoxy groups -OCH3 is 2. The highest BCUT2D eigenvalue weighted by Crippen LogP contribution is 2.42. The summed E-state index contributed by atoms with van der Waals surface area (Å²) < 4.78 is 24.9. The molecule has 0 saturated carbocycles. The summed E-state index contributed by atoms with van der Waals surface area (Å²) in [6.45, 7) is 1.50. The molecule has 0 spiro atoms. The van der Waals surface area contributed by atoms with Crippen molar-refractivity contribution >= 4 is 0 Å². The number of H-pyrrole nitrogens is 1. The Bertz CT molecular complexity index is 1540. The van der Waals surface area contributed by atoms with E-state index in [1.807, 2.05) is 78.9 Å². The quantitative estimate of drug-likeness (QED) is 0.266. The van der Waals surface area contributed by atoms with Crippen LogP contribution in [0.3, 0.4) is 0 Å². The van der Waals surface area contributed by atoms with Gasteiger partial charge in [-0.1, -0.05) is 54.6 Å². The number of ether oxygens (including phenoxy) is 4. The number of benzene rings is 3. The second kappa shape index (κ2) is 11.7. The Balaban J connectivity index is 1.56. The third-order valence-corrected chi connectivity index (χ3v) is 7.48. The van der Waals surface area contributed by atoms with E-state index in [2.05, 4.69) is 4.98 Å². The first-order chi connectivity index (χ1) is 19.8. The molecule has 5 rings (SSSR count). The summed E-state index contributed by atoms with van der Waals surface area (Å²) in [6, 6.07) is 23.9. The molecular weight excluding hydrogens is 526 g/mol. The number of hydrogen-bond acceptors (Lipinski definition) is 8. The maximum atomic E-state index is 12.6. The topological polar surface area (TPSA) is 138 Å². The van der Waals surface area contributed by atoms with Crippen molar-refractivity contribution in [3.63, 3.8) is 0 Å². The van der Waals surface area contributed by atoms with Gasteiger partial charge in [0.15, 0.2) is 6.23 Å². The second-order valence-electron chi connectivity index (χ2n) is 9.93. The summed E-state index contributed by atoms with van der Waals surface area (Å²) in [5.74, 6) is 1.38. The van der Waals surface area contributed by atoms with Crippen molar-refractivity contribution < 1.29 is 24.1 Å². The predicted octanol–water partition coefficient (Wildman–Crippen LogP) is 2.46. The molecule has 1 aromatic heterocycles. The molecule has 0 amide bonds. The van der Waals surface area contributed by atoms with Gasteiger partial charge in [-0.3, -0.25) is 14.3 Å². The van der Waals surface area contributed by atoms with Crippen LogP contribution in [0.1, 0.15) is 28.5 Å². The van der Waals surface area contributed by atoms with Crippen LogP contribution < -0.4 is 26.5 Å². The Morgan fingerprint density at radius 3 is 1.98 bits per heavy atom. The number of aromatic nitrogens is 2. The van der Waals surface area contributed by atoms with Crippen LogP contribution in [-0.4, -0.2) is 53.7 Å². The molecule has 1 fully saturated rings. The average molecular weight is 560 g/mol. The molecule has 0 aliphatic carbocycles. The lowest BCUT2D eigenvalue weighted by Crippen LogP contribution is -2.44. The van der Waals surface area contributed by atoms with Gasteiger partial charge in [0, 0.05) is 11.8 Å². The molecule has 1 saturated heterocycles. The number of aliphatic hydroxyl groups excluding tert-OH is 1. The molecule has 10 heteroatoms. The lowest BCUT2D eigenvalue weighted by molar-refractivity contribution is -0.0945. The van der Waals surface area contributed by atoms with E-state index in [9.17, 15) is 14.7 Å². The van der Waals surface area contributed by atoms with E-state index in [1.165, 1.54) is 10.8 Å². The predicted molar refractivity (Wildman–Crippen MR) is 152 cm³/mol. The Hall–Kier alpha value is -4.22. The number of nitrogens with zero attached hydrogens (tertiary/aromatic N) is 1. The van der Waals surface area contributed by atoms with Gasteiger partial charge >= 0.3 is 5.69 Å². The zero-order chi connectivity index (χ0) is 29.1. The number of aliphatic hydroxyl groups is 1. The van der Waals surface area contributed by atoms with Crippen molar-refractivity contribution in [2.45, 2.75) is 37.0 Å². The molecular formula is C31H33N3O7. The first-order valence-electron chi connectivity index (χ1n) is 13.2. The first-order valence-corrected chi connectivity index (χ1v) is 13.2. The van der Waals surface area contributed by atoms with Crippen LogP contribution in [0.15, 0.2) is 94.6 Å². The molecule has 3 aromatic carbocycles. The van der Waals surface area contributed by atoms with Crippen molar-refractivity contribution in [1.82, 2.24) is 9.55 Å². The largest absolute Gasteiger partial charge is 0.497 e. The summed E-state index contributed by atoms with van der Waals surface area (Å²) in [6.07, 6.45) is -1.66. The van der Waals surface area contributed by atoms with Gasteiger partial charge in [-0.2, -0.15) is 0 Å². The van der Waals surface area contributed by atoms with Gasteiger partial charge in [0.2, 0.25) is 0 Å². The number of nitrogens with one attached hydrogen (secondary N) is 1. The molecule has 4 atom stereocenters. The van der Waals surface area contributed by atoms with E-state index in [-0.39, 0.29) is 6.61 Å². The molecule has 0 bridgehead atoms. The minimum Gasteiger partial charge on any atom is -0.497 e. The summed E-state index contributed by atoms with van der Waals surface area (Å²) in [7, 11) is 3.21. The highest BCUT2D eigenvalue weighted by atomic mass is 16.6. The van der Waals surface area contributed by atoms with Crippen LogP contribution in [0.25, 0.3) is 0 Å². The number of nitrogens with two attached hydrogens (primary N) is 1. The third kappa shape index (κ3) is 5.30. The Kier molecular flexibility index (Phi) is 8.09. The van der Waals surface area contributed by atoms with Gasteiger partial charge in [0.05, 0.1) is 26.9 Å². The molecule has 4 N–H and O–H groups in total. The zero-order valence-electron chi connectivity index (χ0n) is 23.0. The van der Waals surface area contributed by atoms with Crippen LogP contribution in [0.5, 0.6) is 11.5 Å². The monoisotopic (exact) mass is 559 g/mol. The number of hydrogen-bond donors (Lipinski definition) is 3. The van der Waals surface area contributed by atoms with E-state index in [1.54, 1.807) is 21.1 Å². The molecule has 214 valence electrons. The highest BCUT2D eigenvalue weighted by Gasteiger charge is 2.46. The Morgan fingerprint density at radius 1 is 0.902 bits per heavy atom. The SMILES string of the molecule is COc1ccc(C(OC[C@H]2O[C@@H](n3cc(C)c(=O)[nH]c3=O)[C@@H](N)C2O)(c2ccccc2)c2ccc(OC)cc2)cc1. The Labute approximate surface area is 236 Å². The second-order valence-corrected chi connectivity index (χ2v) is 9.93. The number of aryl methyl sites for hydroxylation is 1. The van der Waals surface area contributed by atoms with Crippen molar-refractivity contribution in [3.05, 3.63) is 128 Å². The van der Waals surface area contributed by atoms with Gasteiger partial charge in [-0.05, 0) is 47.9 Å². The fourth-order valence-electron chi connectivity index (χ4n) is 5.21. The van der Waals surface area contributed by atoms with E-state index in [0.717, 1.165) is 16.7 Å². The van der Waals surface area contributed by atoms with Gasteiger partial charge in [-0.15, -0.1) is 0 Å². The summed E-state index contributed by atoms with van der Waals surface area (Å²) in [5.41, 5.74) is 6.82. The van der Waals surface area contributed by atoms with Gasteiger partial charge in [0.1, 0.15) is 29.3 Å². The van der Waals surface area contributed by atoms with E-state index in [4.69, 9.17) is 24.7 Å². The molecule has 10 nitrogen and oxygen atoms in total. The van der Waals surface area contributed by atoms with E-state index < -0.39 is 41.3 Å². The molecule has 4 aromatic rings. The smallest absolute Gasteiger partial charge is 0.330 e. The van der Waals surface area contributed by atoms with Crippen LogP contribution in [0, 0.1) is 6.92 Å². The third-order valence-electron chi connectivity index (χ3n) is 7.48. The average Bonchev–Trinajstić information content (AvgIpc) is 3.29. The fourth-order valence-corrected chi connectivity index (χ4v) is 5.21. The van der Waals surface area contributed by atoms with Crippen LogP contribution in [0.4, 0.5) is 0 Å².